The third-order valence-electron chi connectivity index (χ3n) is 4.80. The Morgan fingerprint density at radius 1 is 0.828 bits per heavy atom. The van der Waals surface area contributed by atoms with E-state index < -0.39 is 11.2 Å². The molecule has 1 N–H and O–H groups in total. The van der Waals surface area contributed by atoms with E-state index >= 15 is 0 Å². The van der Waals surface area contributed by atoms with Crippen molar-refractivity contribution in [1.29, 1.82) is 0 Å². The minimum absolute atomic E-state index is 0.106. The summed E-state index contributed by atoms with van der Waals surface area (Å²) in [7, 11) is 0. The van der Waals surface area contributed by atoms with Gasteiger partial charge >= 0.3 is 0 Å². The number of rotatable bonds is 3. The molecule has 0 radical (unpaired) electrons. The van der Waals surface area contributed by atoms with Crippen LogP contribution >= 0.6 is 0 Å². The number of benzene rings is 3. The van der Waals surface area contributed by atoms with Crippen molar-refractivity contribution in [3.8, 4) is 34.0 Å². The molecule has 0 saturated heterocycles. The second-order valence-corrected chi connectivity index (χ2v) is 6.64. The summed E-state index contributed by atoms with van der Waals surface area (Å²) in [4.78, 5) is 12.7. The molecule has 3 aromatic carbocycles. The maximum atomic E-state index is 12.7. The third kappa shape index (κ3) is 2.89. The Balaban J connectivity index is 1.81. The van der Waals surface area contributed by atoms with E-state index in [4.69, 9.17) is 9.52 Å². The van der Waals surface area contributed by atoms with Crippen LogP contribution in [0.1, 0.15) is 0 Å². The number of hydrogen-bond donors (Lipinski definition) is 1. The molecule has 0 unspecified atom stereocenters. The minimum Gasteiger partial charge on any atom is -0.502 e. The van der Waals surface area contributed by atoms with E-state index in [1.54, 1.807) is 35.1 Å². The average Bonchev–Trinajstić information content (AvgIpc) is 3.23. The Bertz CT molecular complexity index is 1370. The van der Waals surface area contributed by atoms with E-state index in [2.05, 4.69) is 0 Å². The lowest BCUT2D eigenvalue weighted by Crippen LogP contribution is -2.02. The van der Waals surface area contributed by atoms with Crippen LogP contribution in [0.2, 0.25) is 0 Å². The van der Waals surface area contributed by atoms with E-state index in [-0.39, 0.29) is 5.76 Å². The van der Waals surface area contributed by atoms with Gasteiger partial charge in [0.2, 0.25) is 11.2 Å². The Kier molecular flexibility index (Phi) is 3.99. The predicted molar refractivity (Wildman–Crippen MR) is 112 cm³/mol. The fourth-order valence-electron chi connectivity index (χ4n) is 3.38. The Hall–Kier alpha value is -4.12. The highest BCUT2D eigenvalue weighted by atomic mass is 16.4. The summed E-state index contributed by atoms with van der Waals surface area (Å²) in [5.74, 6) is -0.316. The largest absolute Gasteiger partial charge is 0.502 e. The molecule has 140 valence electrons. The number of aromatic hydroxyl groups is 1. The Labute approximate surface area is 166 Å². The van der Waals surface area contributed by atoms with Gasteiger partial charge < -0.3 is 9.52 Å². The van der Waals surface area contributed by atoms with Crippen molar-refractivity contribution in [1.82, 2.24) is 9.78 Å². The zero-order valence-electron chi connectivity index (χ0n) is 15.3. The molecule has 2 aromatic heterocycles. The van der Waals surface area contributed by atoms with Crippen LogP contribution in [0.4, 0.5) is 0 Å². The van der Waals surface area contributed by atoms with Crippen molar-refractivity contribution < 1.29 is 9.52 Å². The highest BCUT2D eigenvalue weighted by Crippen LogP contribution is 2.37. The zero-order valence-corrected chi connectivity index (χ0v) is 15.3. The second-order valence-electron chi connectivity index (χ2n) is 6.64. The average molecular weight is 380 g/mol. The van der Waals surface area contributed by atoms with Gasteiger partial charge in [0.05, 0.1) is 16.6 Å². The van der Waals surface area contributed by atoms with Gasteiger partial charge in [-0.25, -0.2) is 4.68 Å². The fourth-order valence-corrected chi connectivity index (χ4v) is 3.38. The van der Waals surface area contributed by atoms with Crippen LogP contribution in [-0.4, -0.2) is 14.9 Å². The summed E-state index contributed by atoms with van der Waals surface area (Å²) in [6.45, 7) is 0. The molecule has 29 heavy (non-hydrogen) atoms. The van der Waals surface area contributed by atoms with Crippen LogP contribution in [0.25, 0.3) is 39.2 Å². The summed E-state index contributed by atoms with van der Waals surface area (Å²) in [5.41, 5.74) is 2.82. The van der Waals surface area contributed by atoms with Gasteiger partial charge in [-0.05, 0) is 24.3 Å². The monoisotopic (exact) mass is 380 g/mol. The molecule has 0 amide bonds. The van der Waals surface area contributed by atoms with Crippen molar-refractivity contribution >= 4 is 11.0 Å². The topological polar surface area (TPSA) is 68.3 Å². The number of nitrogens with zero attached hydrogens (tertiary/aromatic N) is 2. The van der Waals surface area contributed by atoms with Crippen molar-refractivity contribution in [3.63, 3.8) is 0 Å². The van der Waals surface area contributed by atoms with Gasteiger partial charge in [-0.15, -0.1) is 0 Å². The predicted octanol–water partition coefficient (Wildman–Crippen LogP) is 5.02. The van der Waals surface area contributed by atoms with E-state index in [9.17, 15) is 9.90 Å². The van der Waals surface area contributed by atoms with Gasteiger partial charge in [0.1, 0.15) is 11.3 Å². The zero-order chi connectivity index (χ0) is 19.8. The molecule has 2 heterocycles. The molecule has 0 fully saturated rings. The van der Waals surface area contributed by atoms with Crippen molar-refractivity contribution in [3.05, 3.63) is 101 Å². The van der Waals surface area contributed by atoms with Crippen LogP contribution in [0.15, 0.2) is 100 Å². The first kappa shape index (κ1) is 17.0. The Morgan fingerprint density at radius 3 is 2.24 bits per heavy atom. The van der Waals surface area contributed by atoms with E-state index in [1.807, 2.05) is 60.7 Å². The lowest BCUT2D eigenvalue weighted by molar-refractivity contribution is 0.449. The molecular weight excluding hydrogens is 364 g/mol. The molecule has 5 heteroatoms. The molecular formula is C24H16N2O3. The molecule has 0 aliphatic carbocycles. The molecule has 0 saturated carbocycles. The maximum Gasteiger partial charge on any atom is 0.235 e. The molecule has 0 atom stereocenters. The molecule has 5 nitrogen and oxygen atoms in total. The molecule has 0 bridgehead atoms. The van der Waals surface area contributed by atoms with Crippen molar-refractivity contribution in [2.45, 2.75) is 0 Å². The second kappa shape index (κ2) is 6.80. The van der Waals surface area contributed by atoms with Gasteiger partial charge in [0.15, 0.2) is 5.76 Å². The lowest BCUT2D eigenvalue weighted by atomic mass is 10.1. The summed E-state index contributed by atoms with van der Waals surface area (Å²) in [5, 5.41) is 15.7. The van der Waals surface area contributed by atoms with Gasteiger partial charge in [0.25, 0.3) is 0 Å². The number of para-hydroxylation sites is 2. The number of hydrogen-bond acceptors (Lipinski definition) is 4. The van der Waals surface area contributed by atoms with Gasteiger partial charge in [0, 0.05) is 11.8 Å². The van der Waals surface area contributed by atoms with Crippen LogP contribution in [0.3, 0.4) is 0 Å². The van der Waals surface area contributed by atoms with Crippen molar-refractivity contribution in [2.75, 3.05) is 0 Å². The highest BCUT2D eigenvalue weighted by molar-refractivity contribution is 5.86. The number of fused-ring (bicyclic) bond motifs is 1. The number of aromatic nitrogens is 2. The van der Waals surface area contributed by atoms with Gasteiger partial charge in [-0.1, -0.05) is 60.7 Å². The molecule has 5 aromatic rings. The van der Waals surface area contributed by atoms with Crippen LogP contribution < -0.4 is 5.43 Å². The van der Waals surface area contributed by atoms with Gasteiger partial charge in [-0.3, -0.25) is 4.79 Å². The molecule has 0 aliphatic heterocycles. The van der Waals surface area contributed by atoms with E-state index in [0.29, 0.717) is 22.2 Å². The van der Waals surface area contributed by atoms with Crippen LogP contribution in [0.5, 0.6) is 5.75 Å². The fraction of sp³-hybridized carbons (Fsp3) is 0. The van der Waals surface area contributed by atoms with E-state index in [1.165, 1.54) is 0 Å². The molecule has 0 spiro atoms. The lowest BCUT2D eigenvalue weighted by Gasteiger charge is -2.06. The standard InChI is InChI=1S/C24H16N2O3/c27-22-18-13-7-8-14-20(18)29-24(23(22)28)19-15-26(17-11-5-2-6-12-17)25-21(19)16-9-3-1-4-10-16/h1-15,28H. The molecule has 5 rings (SSSR count). The van der Waals surface area contributed by atoms with Crippen LogP contribution in [-0.2, 0) is 0 Å². The molecule has 0 aliphatic rings. The summed E-state index contributed by atoms with van der Waals surface area (Å²) in [6, 6.07) is 26.1. The Morgan fingerprint density at radius 2 is 1.48 bits per heavy atom. The van der Waals surface area contributed by atoms with Crippen LogP contribution in [0, 0.1) is 0 Å². The van der Waals surface area contributed by atoms with Crippen molar-refractivity contribution in [2.24, 2.45) is 0 Å². The summed E-state index contributed by atoms with van der Waals surface area (Å²) >= 11 is 0. The smallest absolute Gasteiger partial charge is 0.235 e. The first-order chi connectivity index (χ1) is 14.2. The maximum absolute atomic E-state index is 12.7. The first-order valence-corrected chi connectivity index (χ1v) is 9.18. The SMILES string of the molecule is O=c1c(O)c(-c2cn(-c3ccccc3)nc2-c2ccccc2)oc2ccccc12. The minimum atomic E-state index is -0.465. The van der Waals surface area contributed by atoms with E-state index in [0.717, 1.165) is 11.3 Å². The third-order valence-corrected chi connectivity index (χ3v) is 4.80. The summed E-state index contributed by atoms with van der Waals surface area (Å²) in [6.07, 6.45) is 1.77. The van der Waals surface area contributed by atoms with Gasteiger partial charge in [-0.2, -0.15) is 5.10 Å². The first-order valence-electron chi connectivity index (χ1n) is 9.18. The highest BCUT2D eigenvalue weighted by Gasteiger charge is 2.22. The quantitative estimate of drug-likeness (QED) is 0.477. The normalized spacial score (nSPS) is 11.0. The summed E-state index contributed by atoms with van der Waals surface area (Å²) < 4.78 is 7.68.